The minimum absolute atomic E-state index is 0.420. The van der Waals surface area contributed by atoms with E-state index in [1.54, 1.807) is 0 Å². The van der Waals surface area contributed by atoms with Crippen LogP contribution in [0.15, 0.2) is 0 Å². The molecule has 1 N–H and O–H groups in total. The molecule has 96 valence electrons. The molecule has 0 aromatic heterocycles. The molecule has 2 atom stereocenters. The van der Waals surface area contributed by atoms with Crippen LogP contribution in [0.25, 0.3) is 0 Å². The molecule has 0 aliphatic carbocycles. The third kappa shape index (κ3) is 5.86. The van der Waals surface area contributed by atoms with Gasteiger partial charge >= 0.3 is 0 Å². The van der Waals surface area contributed by atoms with Crippen LogP contribution < -0.4 is 5.32 Å². The van der Waals surface area contributed by atoms with Gasteiger partial charge in [-0.1, -0.05) is 27.7 Å². The molecule has 0 radical (unpaired) electrons. The fraction of sp³-hybridized carbons (Fsp3) is 1.00. The molecule has 1 fully saturated rings. The van der Waals surface area contributed by atoms with Gasteiger partial charge in [-0.15, -0.1) is 0 Å². The zero-order valence-electron chi connectivity index (χ0n) is 11.5. The van der Waals surface area contributed by atoms with Crippen molar-refractivity contribution >= 4 is 0 Å². The van der Waals surface area contributed by atoms with Crippen molar-refractivity contribution < 1.29 is 4.74 Å². The largest absolute Gasteiger partial charge is 0.378 e. The van der Waals surface area contributed by atoms with E-state index in [2.05, 4.69) is 33.0 Å². The van der Waals surface area contributed by atoms with Crippen LogP contribution in [0.1, 0.15) is 59.8 Å². The number of ether oxygens (including phenoxy) is 1. The summed E-state index contributed by atoms with van der Waals surface area (Å²) in [6.45, 7) is 11.2. The molecular weight excluding hydrogens is 198 g/mol. The van der Waals surface area contributed by atoms with Crippen LogP contribution >= 0.6 is 0 Å². The Morgan fingerprint density at radius 3 is 2.62 bits per heavy atom. The molecular formula is C14H29NO. The van der Waals surface area contributed by atoms with Crippen molar-refractivity contribution in [3.63, 3.8) is 0 Å². The molecule has 1 saturated heterocycles. The lowest BCUT2D eigenvalue weighted by Crippen LogP contribution is -2.33. The Balaban J connectivity index is 2.26. The maximum Gasteiger partial charge on any atom is 0.0576 e. The standard InChI is InChI=1S/C14H29NO/c1-5-15-12(11-14(2,3)4)8-9-13-7-6-10-16-13/h12-13,15H,5-11H2,1-4H3. The fourth-order valence-electron chi connectivity index (χ4n) is 2.56. The number of hydrogen-bond acceptors (Lipinski definition) is 2. The van der Waals surface area contributed by atoms with Crippen LogP contribution in [0.3, 0.4) is 0 Å². The first-order valence-electron chi connectivity index (χ1n) is 6.86. The van der Waals surface area contributed by atoms with E-state index in [1.807, 2.05) is 0 Å². The minimum atomic E-state index is 0.420. The highest BCUT2D eigenvalue weighted by Crippen LogP contribution is 2.25. The van der Waals surface area contributed by atoms with Gasteiger partial charge in [0.2, 0.25) is 0 Å². The normalized spacial score (nSPS) is 23.6. The zero-order valence-corrected chi connectivity index (χ0v) is 11.5. The average molecular weight is 227 g/mol. The van der Waals surface area contributed by atoms with Crippen LogP contribution in [0.4, 0.5) is 0 Å². The fourth-order valence-corrected chi connectivity index (χ4v) is 2.56. The predicted octanol–water partition coefficient (Wildman–Crippen LogP) is 3.36. The summed E-state index contributed by atoms with van der Waals surface area (Å²) in [7, 11) is 0. The Morgan fingerprint density at radius 1 is 1.38 bits per heavy atom. The van der Waals surface area contributed by atoms with Gasteiger partial charge in [-0.05, 0) is 44.1 Å². The van der Waals surface area contributed by atoms with Gasteiger partial charge in [0.1, 0.15) is 0 Å². The van der Waals surface area contributed by atoms with Gasteiger partial charge in [0, 0.05) is 12.6 Å². The number of hydrogen-bond donors (Lipinski definition) is 1. The van der Waals surface area contributed by atoms with Crippen molar-refractivity contribution in [1.82, 2.24) is 5.32 Å². The second kappa shape index (κ2) is 6.61. The SMILES string of the molecule is CCNC(CCC1CCCO1)CC(C)(C)C. The van der Waals surface area contributed by atoms with E-state index in [0.29, 0.717) is 17.6 Å². The van der Waals surface area contributed by atoms with E-state index in [9.17, 15) is 0 Å². The smallest absolute Gasteiger partial charge is 0.0576 e. The lowest BCUT2D eigenvalue weighted by molar-refractivity contribution is 0.0978. The summed E-state index contributed by atoms with van der Waals surface area (Å²) in [5.41, 5.74) is 0.420. The van der Waals surface area contributed by atoms with E-state index in [1.165, 1.54) is 32.1 Å². The predicted molar refractivity (Wildman–Crippen MR) is 69.7 cm³/mol. The Kier molecular flexibility index (Phi) is 5.77. The lowest BCUT2D eigenvalue weighted by atomic mass is 9.86. The Labute approximate surface area is 101 Å². The van der Waals surface area contributed by atoms with Crippen LogP contribution in [0.2, 0.25) is 0 Å². The second-order valence-electron chi connectivity index (χ2n) is 6.23. The average Bonchev–Trinajstić information content (AvgIpc) is 2.64. The Morgan fingerprint density at radius 2 is 2.12 bits per heavy atom. The van der Waals surface area contributed by atoms with Gasteiger partial charge < -0.3 is 10.1 Å². The molecule has 1 aliphatic heterocycles. The van der Waals surface area contributed by atoms with Crippen molar-refractivity contribution in [1.29, 1.82) is 0 Å². The second-order valence-corrected chi connectivity index (χ2v) is 6.23. The van der Waals surface area contributed by atoms with Crippen molar-refractivity contribution in [2.75, 3.05) is 13.2 Å². The van der Waals surface area contributed by atoms with E-state index in [-0.39, 0.29) is 0 Å². The first kappa shape index (κ1) is 14.0. The molecule has 2 unspecified atom stereocenters. The molecule has 1 heterocycles. The van der Waals surface area contributed by atoms with Gasteiger partial charge in [0.15, 0.2) is 0 Å². The molecule has 1 rings (SSSR count). The molecule has 0 saturated carbocycles. The third-order valence-electron chi connectivity index (χ3n) is 3.21. The first-order valence-corrected chi connectivity index (χ1v) is 6.86. The highest BCUT2D eigenvalue weighted by Gasteiger charge is 2.21. The summed E-state index contributed by atoms with van der Waals surface area (Å²) < 4.78 is 5.68. The molecule has 1 aliphatic rings. The zero-order chi connectivity index (χ0) is 12.0. The molecule has 0 aromatic rings. The highest BCUT2D eigenvalue weighted by atomic mass is 16.5. The molecule has 0 spiro atoms. The summed E-state index contributed by atoms with van der Waals surface area (Å²) in [5, 5.41) is 3.61. The van der Waals surface area contributed by atoms with E-state index in [4.69, 9.17) is 4.74 Å². The highest BCUT2D eigenvalue weighted by molar-refractivity contribution is 4.76. The monoisotopic (exact) mass is 227 g/mol. The van der Waals surface area contributed by atoms with E-state index < -0.39 is 0 Å². The van der Waals surface area contributed by atoms with Gasteiger partial charge in [-0.2, -0.15) is 0 Å². The van der Waals surface area contributed by atoms with E-state index in [0.717, 1.165) is 13.2 Å². The molecule has 0 aromatic carbocycles. The van der Waals surface area contributed by atoms with Gasteiger partial charge in [-0.3, -0.25) is 0 Å². The summed E-state index contributed by atoms with van der Waals surface area (Å²) in [5.74, 6) is 0. The van der Waals surface area contributed by atoms with Crippen LogP contribution in [0, 0.1) is 5.41 Å². The maximum absolute atomic E-state index is 5.68. The van der Waals surface area contributed by atoms with Gasteiger partial charge in [-0.25, -0.2) is 0 Å². The molecule has 0 bridgehead atoms. The number of rotatable bonds is 6. The maximum atomic E-state index is 5.68. The summed E-state index contributed by atoms with van der Waals surface area (Å²) in [4.78, 5) is 0. The summed E-state index contributed by atoms with van der Waals surface area (Å²) in [6, 6.07) is 0.661. The summed E-state index contributed by atoms with van der Waals surface area (Å²) >= 11 is 0. The molecule has 16 heavy (non-hydrogen) atoms. The van der Waals surface area contributed by atoms with Crippen molar-refractivity contribution in [2.24, 2.45) is 5.41 Å². The topological polar surface area (TPSA) is 21.3 Å². The Bertz CT molecular complexity index is 180. The van der Waals surface area contributed by atoms with Crippen molar-refractivity contribution in [2.45, 2.75) is 71.9 Å². The lowest BCUT2D eigenvalue weighted by Gasteiger charge is -2.27. The summed E-state index contributed by atoms with van der Waals surface area (Å²) in [6.07, 6.45) is 6.82. The molecule has 2 heteroatoms. The first-order chi connectivity index (χ1) is 7.51. The Hall–Kier alpha value is -0.0800. The quantitative estimate of drug-likeness (QED) is 0.751. The van der Waals surface area contributed by atoms with Gasteiger partial charge in [0.25, 0.3) is 0 Å². The third-order valence-corrected chi connectivity index (χ3v) is 3.21. The van der Waals surface area contributed by atoms with Crippen molar-refractivity contribution in [3.8, 4) is 0 Å². The van der Waals surface area contributed by atoms with Crippen LogP contribution in [-0.2, 0) is 4.74 Å². The van der Waals surface area contributed by atoms with E-state index >= 15 is 0 Å². The molecule has 0 amide bonds. The minimum Gasteiger partial charge on any atom is -0.378 e. The van der Waals surface area contributed by atoms with Gasteiger partial charge in [0.05, 0.1) is 6.10 Å². The van der Waals surface area contributed by atoms with Crippen LogP contribution in [0.5, 0.6) is 0 Å². The molecule has 2 nitrogen and oxygen atoms in total. The van der Waals surface area contributed by atoms with Crippen LogP contribution in [-0.4, -0.2) is 25.3 Å². The van der Waals surface area contributed by atoms with Crippen molar-refractivity contribution in [3.05, 3.63) is 0 Å². The number of nitrogens with one attached hydrogen (secondary N) is 1.